The van der Waals surface area contributed by atoms with E-state index in [0.717, 1.165) is 18.3 Å². The summed E-state index contributed by atoms with van der Waals surface area (Å²) in [5, 5.41) is 0. The molecule has 2 bridgehead atoms. The topological polar surface area (TPSA) is 43.4 Å². The van der Waals surface area contributed by atoms with Crippen molar-refractivity contribution in [2.24, 2.45) is 23.2 Å². The van der Waals surface area contributed by atoms with Crippen LogP contribution in [0.15, 0.2) is 0 Å². The summed E-state index contributed by atoms with van der Waals surface area (Å²) < 4.78 is 5.06. The predicted molar refractivity (Wildman–Crippen MR) is 62.2 cm³/mol. The summed E-state index contributed by atoms with van der Waals surface area (Å²) in [5.41, 5.74) is -0.783. The predicted octanol–water partition coefficient (Wildman–Crippen LogP) is 2.33. The Kier molecular flexibility index (Phi) is 2.53. The van der Waals surface area contributed by atoms with Gasteiger partial charge in [0.15, 0.2) is 0 Å². The van der Waals surface area contributed by atoms with Gasteiger partial charge in [-0.3, -0.25) is 9.59 Å². The molecule has 3 fully saturated rings. The molecule has 17 heavy (non-hydrogen) atoms. The van der Waals surface area contributed by atoms with E-state index in [1.165, 1.54) is 25.7 Å². The van der Waals surface area contributed by atoms with Crippen LogP contribution >= 0.6 is 0 Å². The van der Waals surface area contributed by atoms with Crippen LogP contribution in [0, 0.1) is 23.2 Å². The largest absolute Gasteiger partial charge is 0.465 e. The summed E-state index contributed by atoms with van der Waals surface area (Å²) >= 11 is 0. The van der Waals surface area contributed by atoms with E-state index in [2.05, 4.69) is 0 Å². The lowest BCUT2D eigenvalue weighted by molar-refractivity contribution is -0.152. The Hall–Kier alpha value is -0.860. The molecule has 3 heteroatoms. The molecule has 0 radical (unpaired) electrons. The van der Waals surface area contributed by atoms with Crippen molar-refractivity contribution in [3.05, 3.63) is 0 Å². The van der Waals surface area contributed by atoms with E-state index < -0.39 is 5.41 Å². The zero-order valence-electron chi connectivity index (χ0n) is 10.4. The molecule has 1 aliphatic heterocycles. The fraction of sp³-hybridized carbons (Fsp3) is 0.857. The standard InChI is InChI=1S/C14H20O3/c1-9(15)14(4-5-17-13(14)16)8-12-7-10-2-3-11(12)6-10/h10-12H,2-8H2,1H3. The van der Waals surface area contributed by atoms with Crippen LogP contribution < -0.4 is 0 Å². The third-order valence-corrected chi connectivity index (χ3v) is 5.32. The van der Waals surface area contributed by atoms with E-state index in [4.69, 9.17) is 4.74 Å². The Morgan fingerprint density at radius 1 is 1.41 bits per heavy atom. The summed E-state index contributed by atoms with van der Waals surface area (Å²) in [6, 6.07) is 0. The van der Waals surface area contributed by atoms with Crippen LogP contribution in [0.3, 0.4) is 0 Å². The summed E-state index contributed by atoms with van der Waals surface area (Å²) in [4.78, 5) is 23.8. The third kappa shape index (κ3) is 1.62. The molecule has 1 heterocycles. The molecule has 4 atom stereocenters. The molecule has 3 aliphatic rings. The summed E-state index contributed by atoms with van der Waals surface area (Å²) in [5.74, 6) is 1.98. The molecule has 0 aromatic carbocycles. The minimum Gasteiger partial charge on any atom is -0.465 e. The van der Waals surface area contributed by atoms with E-state index in [-0.39, 0.29) is 11.8 Å². The van der Waals surface area contributed by atoms with Crippen molar-refractivity contribution < 1.29 is 14.3 Å². The lowest BCUT2D eigenvalue weighted by Gasteiger charge is -2.29. The van der Waals surface area contributed by atoms with Gasteiger partial charge in [0, 0.05) is 6.42 Å². The van der Waals surface area contributed by atoms with Crippen LogP contribution in [-0.2, 0) is 14.3 Å². The Labute approximate surface area is 102 Å². The van der Waals surface area contributed by atoms with E-state index in [1.54, 1.807) is 6.92 Å². The maximum Gasteiger partial charge on any atom is 0.319 e. The molecule has 0 aromatic rings. The summed E-state index contributed by atoms with van der Waals surface area (Å²) in [6.07, 6.45) is 6.58. The van der Waals surface area contributed by atoms with E-state index in [1.807, 2.05) is 0 Å². The van der Waals surface area contributed by atoms with Crippen LogP contribution in [0.2, 0.25) is 0 Å². The molecule has 0 aromatic heterocycles. The molecule has 3 rings (SSSR count). The third-order valence-electron chi connectivity index (χ3n) is 5.32. The summed E-state index contributed by atoms with van der Waals surface area (Å²) in [6.45, 7) is 1.99. The molecule has 2 saturated carbocycles. The van der Waals surface area contributed by atoms with Gasteiger partial charge in [-0.1, -0.05) is 6.42 Å². The fourth-order valence-electron chi connectivity index (χ4n) is 4.28. The second-order valence-corrected chi connectivity index (χ2v) is 6.16. The number of cyclic esters (lactones) is 1. The quantitative estimate of drug-likeness (QED) is 0.558. The monoisotopic (exact) mass is 236 g/mol. The van der Waals surface area contributed by atoms with Crippen molar-refractivity contribution in [2.45, 2.75) is 45.4 Å². The normalized spacial score (nSPS) is 44.1. The van der Waals surface area contributed by atoms with Crippen LogP contribution in [0.4, 0.5) is 0 Å². The number of hydrogen-bond acceptors (Lipinski definition) is 3. The number of hydrogen-bond donors (Lipinski definition) is 0. The Bertz CT molecular complexity index is 362. The molecule has 1 saturated heterocycles. The van der Waals surface area contributed by atoms with E-state index >= 15 is 0 Å². The van der Waals surface area contributed by atoms with Crippen LogP contribution in [0.5, 0.6) is 0 Å². The van der Waals surface area contributed by atoms with Gasteiger partial charge in [0.05, 0.1) is 6.61 Å². The maximum absolute atomic E-state index is 11.9. The first-order chi connectivity index (χ1) is 8.12. The van der Waals surface area contributed by atoms with Gasteiger partial charge in [0.2, 0.25) is 0 Å². The summed E-state index contributed by atoms with van der Waals surface area (Å²) in [7, 11) is 0. The van der Waals surface area contributed by atoms with Crippen molar-refractivity contribution in [1.29, 1.82) is 0 Å². The smallest absolute Gasteiger partial charge is 0.319 e. The zero-order valence-corrected chi connectivity index (χ0v) is 10.4. The minimum atomic E-state index is -0.783. The van der Waals surface area contributed by atoms with Crippen molar-refractivity contribution in [3.63, 3.8) is 0 Å². The number of carbonyl (C=O) groups excluding carboxylic acids is 2. The molecular weight excluding hydrogens is 216 g/mol. The molecular formula is C14H20O3. The highest BCUT2D eigenvalue weighted by Crippen LogP contribution is 2.53. The fourth-order valence-corrected chi connectivity index (χ4v) is 4.28. The average Bonchev–Trinajstić information content (AvgIpc) is 2.95. The highest BCUT2D eigenvalue weighted by molar-refractivity contribution is 6.03. The number of ketones is 1. The van der Waals surface area contributed by atoms with Crippen molar-refractivity contribution in [2.75, 3.05) is 6.61 Å². The van der Waals surface area contributed by atoms with Crippen molar-refractivity contribution in [3.8, 4) is 0 Å². The van der Waals surface area contributed by atoms with E-state index in [9.17, 15) is 9.59 Å². The Morgan fingerprint density at radius 2 is 2.24 bits per heavy atom. The van der Waals surface area contributed by atoms with Crippen LogP contribution in [-0.4, -0.2) is 18.4 Å². The highest BCUT2D eigenvalue weighted by atomic mass is 16.5. The van der Waals surface area contributed by atoms with Crippen molar-refractivity contribution >= 4 is 11.8 Å². The highest BCUT2D eigenvalue weighted by Gasteiger charge is 2.52. The Morgan fingerprint density at radius 3 is 2.71 bits per heavy atom. The number of Topliss-reactive ketones (excluding diaryl/α,β-unsaturated/α-hetero) is 1. The first-order valence-corrected chi connectivity index (χ1v) is 6.80. The van der Waals surface area contributed by atoms with Crippen LogP contribution in [0.25, 0.3) is 0 Å². The van der Waals surface area contributed by atoms with Gasteiger partial charge in [-0.25, -0.2) is 0 Å². The second-order valence-electron chi connectivity index (χ2n) is 6.16. The number of carbonyl (C=O) groups is 2. The SMILES string of the molecule is CC(=O)C1(CC2CC3CCC2C3)CCOC1=O. The van der Waals surface area contributed by atoms with Gasteiger partial charge in [-0.05, 0) is 50.4 Å². The second kappa shape index (κ2) is 3.82. The van der Waals surface area contributed by atoms with Gasteiger partial charge in [-0.2, -0.15) is 0 Å². The van der Waals surface area contributed by atoms with Gasteiger partial charge >= 0.3 is 5.97 Å². The Balaban J connectivity index is 1.77. The molecule has 0 spiro atoms. The molecule has 4 unspecified atom stereocenters. The molecule has 0 amide bonds. The number of rotatable bonds is 3. The van der Waals surface area contributed by atoms with Gasteiger partial charge in [0.25, 0.3) is 0 Å². The maximum atomic E-state index is 11.9. The molecule has 2 aliphatic carbocycles. The number of esters is 1. The van der Waals surface area contributed by atoms with Gasteiger partial charge < -0.3 is 4.74 Å². The molecule has 0 N–H and O–H groups in total. The van der Waals surface area contributed by atoms with Gasteiger partial charge in [-0.15, -0.1) is 0 Å². The lowest BCUT2D eigenvalue weighted by Crippen LogP contribution is -2.37. The molecule has 94 valence electrons. The first kappa shape index (κ1) is 11.2. The molecule has 3 nitrogen and oxygen atoms in total. The number of ether oxygens (including phenoxy) is 1. The number of fused-ring (bicyclic) bond motifs is 2. The van der Waals surface area contributed by atoms with E-state index in [0.29, 0.717) is 18.9 Å². The van der Waals surface area contributed by atoms with Gasteiger partial charge in [0.1, 0.15) is 11.2 Å². The minimum absolute atomic E-state index is 0.0165. The van der Waals surface area contributed by atoms with Crippen molar-refractivity contribution in [1.82, 2.24) is 0 Å². The zero-order chi connectivity index (χ0) is 12.0. The first-order valence-electron chi connectivity index (χ1n) is 6.80. The lowest BCUT2D eigenvalue weighted by atomic mass is 9.71. The average molecular weight is 236 g/mol. The van der Waals surface area contributed by atoms with Crippen LogP contribution in [0.1, 0.15) is 45.4 Å².